The minimum Gasteiger partial charge on any atom is -0.380 e. The summed E-state index contributed by atoms with van der Waals surface area (Å²) >= 11 is 0. The lowest BCUT2D eigenvalue weighted by atomic mass is 9.94. The van der Waals surface area contributed by atoms with E-state index in [0.717, 1.165) is 36.1 Å². The molecule has 11 nitrogen and oxygen atoms in total. The first-order chi connectivity index (χ1) is 20.6. The molecular weight excluding hydrogens is 540 g/mol. The van der Waals surface area contributed by atoms with Gasteiger partial charge in [0.15, 0.2) is 0 Å². The van der Waals surface area contributed by atoms with Crippen LogP contribution in [-0.4, -0.2) is 83.7 Å². The van der Waals surface area contributed by atoms with E-state index in [1.807, 2.05) is 29.7 Å². The number of benzene rings is 1. The first-order valence-corrected chi connectivity index (χ1v) is 14.6. The molecule has 42 heavy (non-hydrogen) atoms. The lowest BCUT2D eigenvalue weighted by molar-refractivity contribution is -0.125. The number of nitrogens with two attached hydrogens (primary N) is 1. The van der Waals surface area contributed by atoms with Crippen LogP contribution in [0.15, 0.2) is 53.6 Å². The lowest BCUT2D eigenvalue weighted by Gasteiger charge is -2.28. The van der Waals surface area contributed by atoms with Crippen LogP contribution in [0, 0.1) is 0 Å². The molecule has 1 heterocycles. The van der Waals surface area contributed by atoms with Crippen LogP contribution in [0.1, 0.15) is 44.1 Å². The number of para-hydroxylation sites is 1. The molecule has 3 amide bonds. The number of hydrogen-bond donors (Lipinski definition) is 3. The second-order valence-corrected chi connectivity index (χ2v) is 9.83. The first kappa shape index (κ1) is 33.2. The highest BCUT2D eigenvalue weighted by atomic mass is 16.5. The number of carbonyl (C=O) groups excluding carboxylic acids is 3. The molecule has 230 valence electrons. The third-order valence-electron chi connectivity index (χ3n) is 6.72. The molecule has 0 radical (unpaired) electrons. The minimum absolute atomic E-state index is 0.0671. The van der Waals surface area contributed by atoms with Crippen LogP contribution in [-0.2, 0) is 33.3 Å². The number of allylic oxidation sites excluding steroid dienone is 3. The van der Waals surface area contributed by atoms with Crippen molar-refractivity contribution in [3.63, 3.8) is 0 Å². The Bertz CT molecular complexity index is 1100. The second-order valence-electron chi connectivity index (χ2n) is 9.83. The molecule has 0 saturated carbocycles. The molecular formula is C31H44N4O7. The van der Waals surface area contributed by atoms with E-state index < -0.39 is 0 Å². The Morgan fingerprint density at radius 1 is 0.762 bits per heavy atom. The van der Waals surface area contributed by atoms with Gasteiger partial charge in [0.05, 0.1) is 58.3 Å². The predicted octanol–water partition coefficient (Wildman–Crippen LogP) is 2.43. The molecule has 4 N–H and O–H groups in total. The maximum atomic E-state index is 13.3. The van der Waals surface area contributed by atoms with Crippen molar-refractivity contribution in [2.45, 2.75) is 38.5 Å². The summed E-state index contributed by atoms with van der Waals surface area (Å²) in [6.45, 7) is 4.42. The van der Waals surface area contributed by atoms with Crippen LogP contribution in [0.4, 0.5) is 5.69 Å². The minimum atomic E-state index is -0.265. The van der Waals surface area contributed by atoms with Gasteiger partial charge in [0, 0.05) is 32.6 Å². The third kappa shape index (κ3) is 12.3. The van der Waals surface area contributed by atoms with Crippen molar-refractivity contribution in [2.24, 2.45) is 5.84 Å². The summed E-state index contributed by atoms with van der Waals surface area (Å²) in [5, 5.41) is 2.83. The number of anilines is 1. The molecule has 0 saturated heterocycles. The van der Waals surface area contributed by atoms with Gasteiger partial charge in [-0.1, -0.05) is 42.5 Å². The number of amides is 3. The van der Waals surface area contributed by atoms with Crippen molar-refractivity contribution in [2.75, 3.05) is 70.8 Å². The van der Waals surface area contributed by atoms with Crippen LogP contribution < -0.4 is 21.5 Å². The van der Waals surface area contributed by atoms with Gasteiger partial charge in [0.1, 0.15) is 0 Å². The Hall–Kier alpha value is -3.35. The van der Waals surface area contributed by atoms with E-state index in [4.69, 9.17) is 24.8 Å². The van der Waals surface area contributed by atoms with Crippen molar-refractivity contribution in [3.05, 3.63) is 59.2 Å². The van der Waals surface area contributed by atoms with Gasteiger partial charge in [-0.3, -0.25) is 19.8 Å². The van der Waals surface area contributed by atoms with Gasteiger partial charge in [-0.05, 0) is 42.0 Å². The summed E-state index contributed by atoms with van der Waals surface area (Å²) in [5.74, 6) is 4.48. The molecule has 0 aromatic heterocycles. The van der Waals surface area contributed by atoms with E-state index in [0.29, 0.717) is 65.9 Å². The molecule has 0 fully saturated rings. The molecule has 2 aliphatic rings. The molecule has 1 aromatic carbocycles. The Balaban J connectivity index is 1.20. The van der Waals surface area contributed by atoms with Gasteiger partial charge in [-0.2, -0.15) is 0 Å². The molecule has 0 bridgehead atoms. The normalized spacial score (nSPS) is 14.2. The lowest BCUT2D eigenvalue weighted by Crippen LogP contribution is -2.35. The summed E-state index contributed by atoms with van der Waals surface area (Å²) in [6, 6.07) is 7.88. The van der Waals surface area contributed by atoms with E-state index in [2.05, 4.69) is 29.6 Å². The maximum absolute atomic E-state index is 13.3. The van der Waals surface area contributed by atoms with Crippen LogP contribution in [0.2, 0.25) is 0 Å². The standard InChI is InChI=1S/C31H44N4O7/c32-34-30(37)14-18-41-21-23-42-22-20-40-17-5-16-39-19-15-33-29(36)12-13-31(38)35-24-27-8-2-1-6-25(27)10-11-26-7-3-4-9-28(26)35/h2-4,7-11H,1,5-6,12-24,32H2,(H,33,36)(H,34,37). The molecule has 0 spiro atoms. The van der Waals surface area contributed by atoms with Crippen molar-refractivity contribution >= 4 is 29.5 Å². The Kier molecular flexibility index (Phi) is 15.6. The number of hydrazine groups is 1. The highest BCUT2D eigenvalue weighted by Gasteiger charge is 2.22. The van der Waals surface area contributed by atoms with E-state index >= 15 is 0 Å². The molecule has 3 rings (SSSR count). The van der Waals surface area contributed by atoms with E-state index in [-0.39, 0.29) is 37.0 Å². The molecule has 11 heteroatoms. The average Bonchev–Trinajstić information content (AvgIpc) is 3.00. The number of ether oxygens (including phenoxy) is 4. The molecule has 0 atom stereocenters. The summed E-state index contributed by atoms with van der Waals surface area (Å²) in [5.41, 5.74) is 6.32. The van der Waals surface area contributed by atoms with Crippen molar-refractivity contribution in [1.82, 2.24) is 10.7 Å². The van der Waals surface area contributed by atoms with Gasteiger partial charge in [-0.25, -0.2) is 5.84 Å². The fourth-order valence-corrected chi connectivity index (χ4v) is 4.47. The maximum Gasteiger partial charge on any atom is 0.236 e. The number of hydrogen-bond acceptors (Lipinski definition) is 8. The molecule has 0 unspecified atom stereocenters. The predicted molar refractivity (Wildman–Crippen MR) is 160 cm³/mol. The Labute approximate surface area is 248 Å². The van der Waals surface area contributed by atoms with Crippen LogP contribution in [0.3, 0.4) is 0 Å². The molecule has 1 aliphatic carbocycles. The first-order valence-electron chi connectivity index (χ1n) is 14.6. The highest BCUT2D eigenvalue weighted by molar-refractivity contribution is 5.98. The second kappa shape index (κ2) is 19.7. The van der Waals surface area contributed by atoms with Gasteiger partial charge < -0.3 is 29.2 Å². The topological polar surface area (TPSA) is 141 Å². The summed E-state index contributed by atoms with van der Waals surface area (Å²) in [7, 11) is 0. The van der Waals surface area contributed by atoms with Crippen LogP contribution >= 0.6 is 0 Å². The van der Waals surface area contributed by atoms with Crippen LogP contribution in [0.5, 0.6) is 0 Å². The highest BCUT2D eigenvalue weighted by Crippen LogP contribution is 2.30. The SMILES string of the molecule is NNC(=O)CCOCCOCCOCCCOCCNC(=O)CCC(=O)N1CC2=C(C=Cc3ccccc31)CCC=C2. The van der Waals surface area contributed by atoms with Crippen molar-refractivity contribution in [3.8, 4) is 0 Å². The van der Waals surface area contributed by atoms with E-state index in [1.54, 1.807) is 4.90 Å². The molecule has 1 aromatic rings. The Morgan fingerprint density at radius 3 is 2.26 bits per heavy atom. The smallest absolute Gasteiger partial charge is 0.236 e. The van der Waals surface area contributed by atoms with E-state index in [9.17, 15) is 14.4 Å². The quantitative estimate of drug-likeness (QED) is 0.0975. The van der Waals surface area contributed by atoms with E-state index in [1.165, 1.54) is 5.57 Å². The monoisotopic (exact) mass is 584 g/mol. The van der Waals surface area contributed by atoms with Gasteiger partial charge in [-0.15, -0.1) is 0 Å². The largest absolute Gasteiger partial charge is 0.380 e. The number of carbonyl (C=O) groups is 3. The van der Waals surface area contributed by atoms with Gasteiger partial charge in [0.2, 0.25) is 17.7 Å². The zero-order valence-corrected chi connectivity index (χ0v) is 24.3. The number of fused-ring (bicyclic) bond motifs is 1. The third-order valence-corrected chi connectivity index (χ3v) is 6.72. The summed E-state index contributed by atoms with van der Waals surface area (Å²) < 4.78 is 21.7. The number of nitrogens with one attached hydrogen (secondary N) is 2. The Morgan fingerprint density at radius 2 is 1.48 bits per heavy atom. The summed E-state index contributed by atoms with van der Waals surface area (Å²) in [4.78, 5) is 38.4. The van der Waals surface area contributed by atoms with Crippen molar-refractivity contribution in [1.29, 1.82) is 0 Å². The summed E-state index contributed by atoms with van der Waals surface area (Å²) in [6.07, 6.45) is 11.7. The van der Waals surface area contributed by atoms with Crippen molar-refractivity contribution < 1.29 is 33.3 Å². The van der Waals surface area contributed by atoms with Gasteiger partial charge >= 0.3 is 0 Å². The molecule has 1 aliphatic heterocycles. The fraction of sp³-hybridized carbons (Fsp3) is 0.516. The zero-order valence-electron chi connectivity index (χ0n) is 24.3. The van der Waals surface area contributed by atoms with Crippen LogP contribution in [0.25, 0.3) is 6.08 Å². The number of nitrogens with zero attached hydrogens (tertiary/aromatic N) is 1. The van der Waals surface area contributed by atoms with Gasteiger partial charge in [0.25, 0.3) is 0 Å². The number of rotatable bonds is 19. The average molecular weight is 585 g/mol. The fourth-order valence-electron chi connectivity index (χ4n) is 4.47. The zero-order chi connectivity index (χ0) is 29.8.